The fraction of sp³-hybridized carbons (Fsp3) is 0.389. The Balaban J connectivity index is 1.44. The summed E-state index contributed by atoms with van der Waals surface area (Å²) in [6.45, 7) is 8.48. The number of aromatic nitrogens is 3. The Morgan fingerprint density at radius 2 is 1.76 bits per heavy atom. The lowest BCUT2D eigenvalue weighted by Gasteiger charge is -2.28. The molecule has 8 nitrogen and oxygen atoms in total. The second-order valence-corrected chi connectivity index (χ2v) is 13.6. The molecule has 0 unspecified atom stereocenters. The molecular weight excluding hydrogens is 584 g/mol. The van der Waals surface area contributed by atoms with Crippen molar-refractivity contribution < 1.29 is 19.4 Å². The highest BCUT2D eigenvalue weighted by atomic mass is 32.1. The molecule has 1 amide bonds. The molecule has 45 heavy (non-hydrogen) atoms. The minimum Gasteiger partial charge on any atom is -0.478 e. The summed E-state index contributed by atoms with van der Waals surface area (Å²) in [5.74, 6) is -0.618. The molecule has 1 saturated heterocycles. The average molecular weight is 623 g/mol. The van der Waals surface area contributed by atoms with Crippen LogP contribution in [0.15, 0.2) is 42.5 Å². The van der Waals surface area contributed by atoms with E-state index in [1.54, 1.807) is 23.5 Å². The van der Waals surface area contributed by atoms with Gasteiger partial charge in [-0.1, -0.05) is 31.4 Å². The van der Waals surface area contributed by atoms with Gasteiger partial charge in [0.05, 0.1) is 56.8 Å². The number of fused-ring (bicyclic) bond motifs is 2. The highest BCUT2D eigenvalue weighted by molar-refractivity contribution is 7.15. The molecule has 0 bridgehead atoms. The Bertz CT molecular complexity index is 1950. The van der Waals surface area contributed by atoms with E-state index in [0.29, 0.717) is 32.2 Å². The number of carboxylic acid groups (broad SMARTS) is 1. The van der Waals surface area contributed by atoms with Gasteiger partial charge in [0.25, 0.3) is 0 Å². The largest absolute Gasteiger partial charge is 0.478 e. The van der Waals surface area contributed by atoms with Crippen LogP contribution in [0.25, 0.3) is 43.6 Å². The van der Waals surface area contributed by atoms with Gasteiger partial charge in [0.15, 0.2) is 0 Å². The molecule has 0 radical (unpaired) electrons. The van der Waals surface area contributed by atoms with Crippen LogP contribution < -0.4 is 0 Å². The molecule has 0 atom stereocenters. The first kappa shape index (κ1) is 29.6. The third kappa shape index (κ3) is 5.53. The monoisotopic (exact) mass is 622 g/mol. The second-order valence-electron chi connectivity index (χ2n) is 12.4. The van der Waals surface area contributed by atoms with E-state index in [-0.39, 0.29) is 18.0 Å². The van der Waals surface area contributed by atoms with Gasteiger partial charge >= 0.3 is 5.97 Å². The predicted octanol–water partition coefficient (Wildman–Crippen LogP) is 7.51. The molecule has 4 heterocycles. The Labute approximate surface area is 266 Å². The number of amides is 1. The third-order valence-electron chi connectivity index (χ3n) is 9.45. The Hall–Kier alpha value is -4.08. The van der Waals surface area contributed by atoms with Crippen molar-refractivity contribution in [3.63, 3.8) is 0 Å². The number of carboxylic acids is 1. The van der Waals surface area contributed by atoms with E-state index < -0.39 is 5.97 Å². The fourth-order valence-electron chi connectivity index (χ4n) is 7.24. The number of hydrogen-bond donors (Lipinski definition) is 1. The highest BCUT2D eigenvalue weighted by Crippen LogP contribution is 2.46. The zero-order valence-corrected chi connectivity index (χ0v) is 26.9. The van der Waals surface area contributed by atoms with Gasteiger partial charge in [0, 0.05) is 29.4 Å². The lowest BCUT2D eigenvalue weighted by molar-refractivity contribution is -0.135. The highest BCUT2D eigenvalue weighted by Gasteiger charge is 2.30. The van der Waals surface area contributed by atoms with E-state index in [1.807, 2.05) is 24.8 Å². The van der Waals surface area contributed by atoms with Crippen molar-refractivity contribution in [3.05, 3.63) is 69.9 Å². The van der Waals surface area contributed by atoms with Gasteiger partial charge in [0.1, 0.15) is 6.54 Å². The van der Waals surface area contributed by atoms with E-state index in [0.717, 1.165) is 85.6 Å². The number of carbonyl (C=O) groups excluding carboxylic acids is 1. The summed E-state index contributed by atoms with van der Waals surface area (Å²) in [5.41, 5.74) is 8.25. The van der Waals surface area contributed by atoms with Crippen molar-refractivity contribution in [1.82, 2.24) is 19.4 Å². The molecule has 2 fully saturated rings. The van der Waals surface area contributed by atoms with Gasteiger partial charge in [-0.05, 0) is 81.0 Å². The van der Waals surface area contributed by atoms with Gasteiger partial charge in [-0.25, -0.2) is 14.8 Å². The summed E-state index contributed by atoms with van der Waals surface area (Å²) in [7, 11) is 0. The summed E-state index contributed by atoms with van der Waals surface area (Å²) in [5, 5.41) is 13.0. The van der Waals surface area contributed by atoms with Crippen molar-refractivity contribution in [2.45, 2.75) is 65.3 Å². The Morgan fingerprint density at radius 1 is 0.978 bits per heavy atom. The van der Waals surface area contributed by atoms with Gasteiger partial charge in [-0.2, -0.15) is 0 Å². The second kappa shape index (κ2) is 12.0. The van der Waals surface area contributed by atoms with E-state index in [4.69, 9.17) is 9.72 Å². The summed E-state index contributed by atoms with van der Waals surface area (Å²) < 4.78 is 7.62. The molecule has 1 N–H and O–H groups in total. The van der Waals surface area contributed by atoms with Crippen molar-refractivity contribution >= 4 is 45.0 Å². The molecule has 5 aromatic rings. The Morgan fingerprint density at radius 3 is 2.47 bits per heavy atom. The van der Waals surface area contributed by atoms with Gasteiger partial charge < -0.3 is 19.3 Å². The number of pyridine rings is 1. The van der Waals surface area contributed by atoms with E-state index in [1.165, 1.54) is 12.0 Å². The predicted molar refractivity (Wildman–Crippen MR) is 178 cm³/mol. The molecule has 1 aliphatic heterocycles. The molecule has 232 valence electrons. The molecule has 1 saturated carbocycles. The van der Waals surface area contributed by atoms with Crippen LogP contribution in [-0.2, 0) is 16.1 Å². The smallest absolute Gasteiger partial charge is 0.335 e. The maximum Gasteiger partial charge on any atom is 0.335 e. The molecule has 3 aromatic heterocycles. The summed E-state index contributed by atoms with van der Waals surface area (Å²) in [6, 6.07) is 14.0. The molecular formula is C36H38N4O4S. The number of thiazole rings is 1. The minimum atomic E-state index is -0.972. The van der Waals surface area contributed by atoms with Crippen LogP contribution >= 0.6 is 11.3 Å². The molecule has 2 aromatic carbocycles. The molecule has 7 rings (SSSR count). The van der Waals surface area contributed by atoms with Crippen LogP contribution in [0.2, 0.25) is 0 Å². The normalized spacial score (nSPS) is 16.1. The fourth-order valence-corrected chi connectivity index (χ4v) is 8.13. The van der Waals surface area contributed by atoms with Crippen LogP contribution in [0.3, 0.4) is 0 Å². The summed E-state index contributed by atoms with van der Waals surface area (Å²) >= 11 is 1.66. The van der Waals surface area contributed by atoms with Gasteiger partial charge in [-0.3, -0.25) is 4.79 Å². The number of carbonyl (C=O) groups is 2. The lowest BCUT2D eigenvalue weighted by Crippen LogP contribution is -2.42. The number of rotatable bonds is 6. The lowest BCUT2D eigenvalue weighted by atomic mass is 9.81. The van der Waals surface area contributed by atoms with Gasteiger partial charge in [-0.15, -0.1) is 11.3 Å². The van der Waals surface area contributed by atoms with Crippen LogP contribution in [0, 0.1) is 20.8 Å². The first-order valence-electron chi connectivity index (χ1n) is 15.9. The van der Waals surface area contributed by atoms with Crippen molar-refractivity contribution in [2.24, 2.45) is 0 Å². The van der Waals surface area contributed by atoms with Crippen LogP contribution in [0.5, 0.6) is 0 Å². The maximum atomic E-state index is 13.8. The topological polar surface area (TPSA) is 97.5 Å². The van der Waals surface area contributed by atoms with Crippen LogP contribution in [0.1, 0.15) is 70.2 Å². The number of ether oxygens (including phenoxy) is 1. The molecule has 2 aliphatic rings. The van der Waals surface area contributed by atoms with Crippen LogP contribution in [-0.4, -0.2) is 62.7 Å². The third-order valence-corrected chi connectivity index (χ3v) is 10.5. The number of nitrogens with zero attached hydrogens (tertiary/aromatic N) is 4. The van der Waals surface area contributed by atoms with E-state index >= 15 is 0 Å². The standard InChI is InChI=1S/C36H38N4O4S/c1-21-17-30-25(10-12-29(38-30)35-22(2)37-23(3)45-35)18-28(21)34-33(24-7-5-4-6-8-24)27-11-9-26(36(42)43)19-31(27)40(34)20-32(41)39-13-15-44-16-14-39/h9-12,17-19,24H,4-8,13-16,20H2,1-3H3,(H,42,43). The first-order chi connectivity index (χ1) is 21.8. The minimum absolute atomic E-state index is 0.0207. The number of benzene rings is 2. The number of morpholine rings is 1. The molecule has 9 heteroatoms. The molecule has 0 spiro atoms. The first-order valence-corrected chi connectivity index (χ1v) is 16.7. The van der Waals surface area contributed by atoms with E-state index in [9.17, 15) is 14.7 Å². The SMILES string of the molecule is Cc1nc(C)c(-c2ccc3cc(-c4c(C5CCCCC5)c5ccc(C(=O)O)cc5n4CC(=O)N4CCOCC4)c(C)cc3n2)s1. The average Bonchev–Trinajstić information content (AvgIpc) is 3.56. The Kier molecular flexibility index (Phi) is 7.91. The zero-order valence-electron chi connectivity index (χ0n) is 26.1. The number of hydrogen-bond acceptors (Lipinski definition) is 6. The van der Waals surface area contributed by atoms with Crippen molar-refractivity contribution in [1.29, 1.82) is 0 Å². The number of aromatic carboxylic acids is 1. The number of aryl methyl sites for hydroxylation is 3. The maximum absolute atomic E-state index is 13.8. The summed E-state index contributed by atoms with van der Waals surface area (Å²) in [4.78, 5) is 38.6. The van der Waals surface area contributed by atoms with Crippen LogP contribution in [0.4, 0.5) is 0 Å². The van der Waals surface area contributed by atoms with Crippen molar-refractivity contribution in [3.8, 4) is 21.8 Å². The summed E-state index contributed by atoms with van der Waals surface area (Å²) in [6.07, 6.45) is 5.71. The van der Waals surface area contributed by atoms with E-state index in [2.05, 4.69) is 40.7 Å². The molecule has 1 aliphatic carbocycles. The van der Waals surface area contributed by atoms with Crippen molar-refractivity contribution in [2.75, 3.05) is 26.3 Å². The van der Waals surface area contributed by atoms with Gasteiger partial charge in [0.2, 0.25) is 5.91 Å². The quantitative estimate of drug-likeness (QED) is 0.211. The zero-order chi connectivity index (χ0) is 31.2.